The summed E-state index contributed by atoms with van der Waals surface area (Å²) in [5.74, 6) is -1.86. The lowest BCUT2D eigenvalue weighted by atomic mass is 10.1. The van der Waals surface area contributed by atoms with E-state index in [1.165, 1.54) is 31.2 Å². The third-order valence-electron chi connectivity index (χ3n) is 3.69. The molecular formula is C20H19F2NO5. The number of alkyl halides is 2. The smallest absolute Gasteiger partial charge is 0.387 e. The van der Waals surface area contributed by atoms with Gasteiger partial charge in [-0.25, -0.2) is 0 Å². The van der Waals surface area contributed by atoms with Crippen LogP contribution >= 0.6 is 0 Å². The Balaban J connectivity index is 1.85. The number of nitrogens with one attached hydrogen (secondary N) is 1. The number of ether oxygens (including phenoxy) is 2. The van der Waals surface area contributed by atoms with Crippen LogP contribution in [0.4, 0.5) is 14.5 Å². The zero-order chi connectivity index (χ0) is 20.5. The van der Waals surface area contributed by atoms with Gasteiger partial charge in [-0.1, -0.05) is 42.5 Å². The van der Waals surface area contributed by atoms with Crippen LogP contribution < -0.4 is 10.1 Å². The fourth-order valence-electron chi connectivity index (χ4n) is 2.30. The Kier molecular flexibility index (Phi) is 7.62. The number of esters is 1. The molecule has 8 heteroatoms. The average Bonchev–Trinajstić information content (AvgIpc) is 2.67. The maximum Gasteiger partial charge on any atom is 0.387 e. The van der Waals surface area contributed by atoms with Crippen molar-refractivity contribution in [2.45, 2.75) is 32.5 Å². The molecule has 2 rings (SSSR count). The van der Waals surface area contributed by atoms with Crippen molar-refractivity contribution in [3.8, 4) is 5.75 Å². The number of hydrogen-bond donors (Lipinski definition) is 1. The SMILES string of the molecule is C[C@H](OC(=O)CCC(=O)c1ccccc1)C(=O)Nc1ccccc1OC(F)F. The number of para-hydroxylation sites is 2. The highest BCUT2D eigenvalue weighted by Gasteiger charge is 2.20. The van der Waals surface area contributed by atoms with Crippen molar-refractivity contribution >= 4 is 23.3 Å². The van der Waals surface area contributed by atoms with Crippen LogP contribution in [0.2, 0.25) is 0 Å². The lowest BCUT2D eigenvalue weighted by Gasteiger charge is -2.15. The van der Waals surface area contributed by atoms with Crippen LogP contribution in [0.5, 0.6) is 5.75 Å². The quantitative estimate of drug-likeness (QED) is 0.519. The van der Waals surface area contributed by atoms with Crippen LogP contribution in [0.3, 0.4) is 0 Å². The number of rotatable bonds is 9. The van der Waals surface area contributed by atoms with Gasteiger partial charge >= 0.3 is 12.6 Å². The van der Waals surface area contributed by atoms with Crippen LogP contribution in [0, 0.1) is 0 Å². The van der Waals surface area contributed by atoms with Gasteiger partial charge in [0.1, 0.15) is 5.75 Å². The zero-order valence-corrected chi connectivity index (χ0v) is 15.1. The summed E-state index contributed by atoms with van der Waals surface area (Å²) in [4.78, 5) is 36.0. The summed E-state index contributed by atoms with van der Waals surface area (Å²) in [5, 5.41) is 2.37. The Hall–Kier alpha value is -3.29. The Morgan fingerprint density at radius 2 is 1.61 bits per heavy atom. The van der Waals surface area contributed by atoms with E-state index in [2.05, 4.69) is 10.1 Å². The van der Waals surface area contributed by atoms with Gasteiger partial charge in [0.2, 0.25) is 0 Å². The summed E-state index contributed by atoms with van der Waals surface area (Å²) in [5.41, 5.74) is 0.506. The molecule has 0 saturated heterocycles. The van der Waals surface area contributed by atoms with Gasteiger partial charge in [0.05, 0.1) is 12.1 Å². The zero-order valence-electron chi connectivity index (χ0n) is 15.1. The molecule has 148 valence electrons. The Bertz CT molecular complexity index is 826. The Morgan fingerprint density at radius 3 is 2.29 bits per heavy atom. The number of ketones is 1. The summed E-state index contributed by atoms with van der Waals surface area (Å²) in [7, 11) is 0. The minimum atomic E-state index is -3.05. The number of halogens is 2. The van der Waals surface area contributed by atoms with Crippen molar-refractivity contribution in [3.63, 3.8) is 0 Å². The predicted octanol–water partition coefficient (Wildman–Crippen LogP) is 3.82. The topological polar surface area (TPSA) is 81.7 Å². The molecule has 28 heavy (non-hydrogen) atoms. The van der Waals surface area contributed by atoms with E-state index in [1.807, 2.05) is 0 Å². The molecule has 0 saturated carbocycles. The molecular weight excluding hydrogens is 372 g/mol. The van der Waals surface area contributed by atoms with Gasteiger partial charge in [-0.2, -0.15) is 8.78 Å². The van der Waals surface area contributed by atoms with Gasteiger partial charge in [0.15, 0.2) is 11.9 Å². The van der Waals surface area contributed by atoms with Crippen molar-refractivity contribution in [3.05, 3.63) is 60.2 Å². The first-order valence-electron chi connectivity index (χ1n) is 8.49. The van der Waals surface area contributed by atoms with Crippen LogP contribution in [0.15, 0.2) is 54.6 Å². The van der Waals surface area contributed by atoms with Gasteiger partial charge in [0.25, 0.3) is 5.91 Å². The lowest BCUT2D eigenvalue weighted by molar-refractivity contribution is -0.153. The molecule has 1 atom stereocenters. The van der Waals surface area contributed by atoms with Crippen LogP contribution in [0.1, 0.15) is 30.1 Å². The first kappa shape index (κ1) is 21.0. The van der Waals surface area contributed by atoms with E-state index in [-0.39, 0.29) is 30.1 Å². The van der Waals surface area contributed by atoms with E-state index in [0.29, 0.717) is 5.56 Å². The van der Waals surface area contributed by atoms with E-state index in [1.54, 1.807) is 30.3 Å². The van der Waals surface area contributed by atoms with Gasteiger partial charge < -0.3 is 14.8 Å². The van der Waals surface area contributed by atoms with E-state index >= 15 is 0 Å². The molecule has 0 bridgehead atoms. The number of carbonyl (C=O) groups excluding carboxylic acids is 3. The molecule has 0 aromatic heterocycles. The average molecular weight is 391 g/mol. The van der Waals surface area contributed by atoms with Gasteiger partial charge in [-0.15, -0.1) is 0 Å². The number of benzene rings is 2. The molecule has 2 aromatic rings. The Morgan fingerprint density at radius 1 is 0.964 bits per heavy atom. The highest BCUT2D eigenvalue weighted by atomic mass is 19.3. The number of anilines is 1. The number of Topliss-reactive ketones (excluding diaryl/α,β-unsaturated/α-hetero) is 1. The van der Waals surface area contributed by atoms with Crippen molar-refractivity contribution in [2.75, 3.05) is 5.32 Å². The summed E-state index contributed by atoms with van der Waals surface area (Å²) >= 11 is 0. The fourth-order valence-corrected chi connectivity index (χ4v) is 2.30. The highest BCUT2D eigenvalue weighted by Crippen LogP contribution is 2.25. The summed E-state index contributed by atoms with van der Waals surface area (Å²) < 4.78 is 34.1. The molecule has 0 aliphatic rings. The molecule has 0 fully saturated rings. The molecule has 1 N–H and O–H groups in total. The van der Waals surface area contributed by atoms with Gasteiger partial charge in [-0.05, 0) is 19.1 Å². The fraction of sp³-hybridized carbons (Fsp3) is 0.250. The monoisotopic (exact) mass is 391 g/mol. The van der Waals surface area contributed by atoms with Crippen molar-refractivity contribution in [1.29, 1.82) is 0 Å². The maximum absolute atomic E-state index is 12.4. The first-order valence-corrected chi connectivity index (χ1v) is 8.49. The normalized spacial score (nSPS) is 11.6. The summed E-state index contributed by atoms with van der Waals surface area (Å²) in [6.45, 7) is -1.71. The molecule has 2 aromatic carbocycles. The number of carbonyl (C=O) groups is 3. The third-order valence-corrected chi connectivity index (χ3v) is 3.69. The second-order valence-corrected chi connectivity index (χ2v) is 5.79. The second-order valence-electron chi connectivity index (χ2n) is 5.79. The number of hydrogen-bond acceptors (Lipinski definition) is 5. The summed E-state index contributed by atoms with van der Waals surface area (Å²) in [6.07, 6.45) is -1.42. The molecule has 0 aliphatic carbocycles. The summed E-state index contributed by atoms with van der Waals surface area (Å²) in [6, 6.07) is 14.1. The minimum absolute atomic E-state index is 0.0231. The molecule has 0 unspecified atom stereocenters. The van der Waals surface area contributed by atoms with Crippen LogP contribution in [-0.4, -0.2) is 30.4 Å². The lowest BCUT2D eigenvalue weighted by Crippen LogP contribution is -2.30. The minimum Gasteiger partial charge on any atom is -0.453 e. The standard InChI is InChI=1S/C20H19F2NO5/c1-13(19(26)23-15-9-5-6-10-17(15)28-20(21)22)27-18(25)12-11-16(24)14-7-3-2-4-8-14/h2-10,13,20H,11-12H2,1H3,(H,23,26)/t13-/m0/s1. The van der Waals surface area contributed by atoms with E-state index in [4.69, 9.17) is 4.74 Å². The highest BCUT2D eigenvalue weighted by molar-refractivity contribution is 5.98. The third kappa shape index (κ3) is 6.46. The van der Waals surface area contributed by atoms with Crippen molar-refractivity contribution in [2.24, 2.45) is 0 Å². The largest absolute Gasteiger partial charge is 0.453 e. The molecule has 1 amide bonds. The number of amides is 1. The van der Waals surface area contributed by atoms with E-state index in [9.17, 15) is 23.2 Å². The predicted molar refractivity (Wildman–Crippen MR) is 97.3 cm³/mol. The van der Waals surface area contributed by atoms with E-state index < -0.39 is 24.6 Å². The van der Waals surface area contributed by atoms with Gasteiger partial charge in [-0.3, -0.25) is 14.4 Å². The van der Waals surface area contributed by atoms with Crippen molar-refractivity contribution < 1.29 is 32.6 Å². The molecule has 0 aliphatic heterocycles. The first-order chi connectivity index (χ1) is 13.4. The van der Waals surface area contributed by atoms with Gasteiger partial charge in [0, 0.05) is 12.0 Å². The molecule has 0 heterocycles. The molecule has 0 radical (unpaired) electrons. The maximum atomic E-state index is 12.4. The Labute approximate surface area is 160 Å². The molecule has 0 spiro atoms. The second kappa shape index (κ2) is 10.1. The van der Waals surface area contributed by atoms with Crippen molar-refractivity contribution in [1.82, 2.24) is 0 Å². The van der Waals surface area contributed by atoms with E-state index in [0.717, 1.165) is 0 Å². The van der Waals surface area contributed by atoms with Crippen LogP contribution in [-0.2, 0) is 14.3 Å². The molecule has 6 nitrogen and oxygen atoms in total. The van der Waals surface area contributed by atoms with Crippen LogP contribution in [0.25, 0.3) is 0 Å².